The van der Waals surface area contributed by atoms with Crippen LogP contribution in [0.3, 0.4) is 0 Å². The fourth-order valence-electron chi connectivity index (χ4n) is 5.19. The van der Waals surface area contributed by atoms with Crippen LogP contribution >= 0.6 is 11.6 Å². The molecule has 2 aliphatic rings. The Morgan fingerprint density at radius 3 is 2.71 bits per heavy atom. The van der Waals surface area contributed by atoms with E-state index < -0.39 is 5.60 Å². The van der Waals surface area contributed by atoms with E-state index >= 15 is 0 Å². The minimum atomic E-state index is -0.570. The molecule has 3 atom stereocenters. The number of aliphatic hydroxyl groups is 1. The quantitative estimate of drug-likeness (QED) is 0.709. The second kappa shape index (κ2) is 8.44. The van der Waals surface area contributed by atoms with Crippen molar-refractivity contribution in [2.75, 3.05) is 13.2 Å². The molecule has 2 fully saturated rings. The van der Waals surface area contributed by atoms with E-state index in [0.717, 1.165) is 55.1 Å². The number of halogens is 1. The van der Waals surface area contributed by atoms with Crippen molar-refractivity contribution in [1.29, 1.82) is 0 Å². The number of para-hydroxylation sites is 1. The summed E-state index contributed by atoms with van der Waals surface area (Å²) >= 11 is 6.48. The summed E-state index contributed by atoms with van der Waals surface area (Å²) in [6.45, 7) is 4.32. The summed E-state index contributed by atoms with van der Waals surface area (Å²) in [4.78, 5) is 2.50. The molecule has 0 spiro atoms. The third-order valence-electron chi connectivity index (χ3n) is 6.54. The molecule has 0 radical (unpaired) electrons. The van der Waals surface area contributed by atoms with Gasteiger partial charge in [0.25, 0.3) is 0 Å². The summed E-state index contributed by atoms with van der Waals surface area (Å²) in [6, 6.07) is 16.6. The molecule has 0 bridgehead atoms. The van der Waals surface area contributed by atoms with Gasteiger partial charge in [-0.25, -0.2) is 0 Å². The third-order valence-corrected chi connectivity index (χ3v) is 6.91. The zero-order valence-electron chi connectivity index (χ0n) is 16.6. The van der Waals surface area contributed by atoms with E-state index in [2.05, 4.69) is 29.2 Å². The van der Waals surface area contributed by atoms with Crippen LogP contribution in [0.4, 0.5) is 0 Å². The first-order chi connectivity index (χ1) is 13.6. The maximum Gasteiger partial charge on any atom is 0.124 e. The van der Waals surface area contributed by atoms with Crippen LogP contribution in [0.1, 0.15) is 56.2 Å². The molecule has 3 nitrogen and oxygen atoms in total. The standard InChI is InChI=1S/C24H30ClNO2/c1-2-28-22-13-6-4-10-19(22)23-20-11-7-8-14-24(20,27)15-16-26(23)17-18-9-3-5-12-21(18)25/h3-6,9-10,12-13,20,23,27H,2,7-8,11,14-17H2,1H3. The number of ether oxygens (including phenoxy) is 1. The second-order valence-corrected chi connectivity index (χ2v) is 8.59. The lowest BCUT2D eigenvalue weighted by Gasteiger charge is -2.53. The van der Waals surface area contributed by atoms with E-state index in [1.54, 1.807) is 0 Å². The molecule has 1 heterocycles. The molecule has 2 aromatic carbocycles. The Bertz CT molecular complexity index is 811. The van der Waals surface area contributed by atoms with Crippen molar-refractivity contribution in [1.82, 2.24) is 4.90 Å². The van der Waals surface area contributed by atoms with Gasteiger partial charge in [0.05, 0.1) is 12.2 Å². The van der Waals surface area contributed by atoms with E-state index in [9.17, 15) is 5.11 Å². The van der Waals surface area contributed by atoms with Crippen molar-refractivity contribution in [3.8, 4) is 5.75 Å². The fraction of sp³-hybridized carbons (Fsp3) is 0.500. The molecule has 1 aliphatic carbocycles. The summed E-state index contributed by atoms with van der Waals surface area (Å²) in [5.41, 5.74) is 1.77. The van der Waals surface area contributed by atoms with Crippen LogP contribution in [0.5, 0.6) is 5.75 Å². The van der Waals surface area contributed by atoms with E-state index in [4.69, 9.17) is 16.3 Å². The zero-order chi connectivity index (χ0) is 19.6. The summed E-state index contributed by atoms with van der Waals surface area (Å²) in [5.74, 6) is 1.16. The van der Waals surface area contributed by atoms with Crippen LogP contribution in [0.15, 0.2) is 48.5 Å². The van der Waals surface area contributed by atoms with E-state index in [0.29, 0.717) is 6.61 Å². The lowest BCUT2D eigenvalue weighted by atomic mass is 9.66. The van der Waals surface area contributed by atoms with Crippen LogP contribution in [-0.4, -0.2) is 28.8 Å². The lowest BCUT2D eigenvalue weighted by Crippen LogP contribution is -2.54. The van der Waals surface area contributed by atoms with E-state index in [-0.39, 0.29) is 12.0 Å². The van der Waals surface area contributed by atoms with Gasteiger partial charge in [-0.05, 0) is 43.9 Å². The van der Waals surface area contributed by atoms with Crippen molar-refractivity contribution in [3.63, 3.8) is 0 Å². The van der Waals surface area contributed by atoms with Crippen molar-refractivity contribution in [3.05, 3.63) is 64.7 Å². The Hall–Kier alpha value is -1.55. The summed E-state index contributed by atoms with van der Waals surface area (Å²) < 4.78 is 5.99. The molecular formula is C24H30ClNO2. The Labute approximate surface area is 173 Å². The van der Waals surface area contributed by atoms with E-state index in [1.807, 2.05) is 31.2 Å². The monoisotopic (exact) mass is 399 g/mol. The smallest absolute Gasteiger partial charge is 0.124 e. The SMILES string of the molecule is CCOc1ccccc1C1C2CCCCC2(O)CCN1Cc1ccccc1Cl. The summed E-state index contributed by atoms with van der Waals surface area (Å²) in [6.07, 6.45) is 5.10. The van der Waals surface area contributed by atoms with Crippen molar-refractivity contribution < 1.29 is 9.84 Å². The highest BCUT2D eigenvalue weighted by Crippen LogP contribution is 2.51. The molecule has 28 heavy (non-hydrogen) atoms. The van der Waals surface area contributed by atoms with E-state index in [1.165, 1.54) is 12.0 Å². The predicted octanol–water partition coefficient (Wildman–Crippen LogP) is 5.61. The van der Waals surface area contributed by atoms with Crippen LogP contribution in [0, 0.1) is 5.92 Å². The minimum Gasteiger partial charge on any atom is -0.494 e. The molecule has 1 N–H and O–H groups in total. The highest BCUT2D eigenvalue weighted by molar-refractivity contribution is 6.31. The highest BCUT2D eigenvalue weighted by Gasteiger charge is 2.49. The highest BCUT2D eigenvalue weighted by atomic mass is 35.5. The number of hydrogen-bond acceptors (Lipinski definition) is 3. The molecule has 4 heteroatoms. The normalized spacial score (nSPS) is 28.0. The zero-order valence-corrected chi connectivity index (χ0v) is 17.4. The van der Waals surface area contributed by atoms with Gasteiger partial charge < -0.3 is 9.84 Å². The average Bonchev–Trinajstić information content (AvgIpc) is 2.70. The van der Waals surface area contributed by atoms with Gasteiger partial charge in [0.1, 0.15) is 5.75 Å². The minimum absolute atomic E-state index is 0.137. The van der Waals surface area contributed by atoms with Gasteiger partial charge in [0.2, 0.25) is 0 Å². The molecule has 1 saturated heterocycles. The molecule has 1 saturated carbocycles. The van der Waals surface area contributed by atoms with Gasteiger partial charge in [-0.15, -0.1) is 0 Å². The number of likely N-dealkylation sites (tertiary alicyclic amines) is 1. The summed E-state index contributed by atoms with van der Waals surface area (Å²) in [7, 11) is 0. The van der Waals surface area contributed by atoms with Crippen LogP contribution in [0.25, 0.3) is 0 Å². The average molecular weight is 400 g/mol. The first-order valence-electron chi connectivity index (χ1n) is 10.5. The van der Waals surface area contributed by atoms with Gasteiger partial charge in [-0.2, -0.15) is 0 Å². The molecule has 150 valence electrons. The largest absolute Gasteiger partial charge is 0.494 e. The molecular weight excluding hydrogens is 370 g/mol. The van der Waals surface area contributed by atoms with Gasteiger partial charge in [0.15, 0.2) is 0 Å². The Morgan fingerprint density at radius 1 is 1.11 bits per heavy atom. The molecule has 0 amide bonds. The first-order valence-corrected chi connectivity index (χ1v) is 10.9. The second-order valence-electron chi connectivity index (χ2n) is 8.18. The Morgan fingerprint density at radius 2 is 1.89 bits per heavy atom. The van der Waals surface area contributed by atoms with Crippen molar-refractivity contribution in [2.24, 2.45) is 5.92 Å². The maximum atomic E-state index is 11.5. The molecule has 4 rings (SSSR count). The van der Waals surface area contributed by atoms with Gasteiger partial charge >= 0.3 is 0 Å². The number of rotatable bonds is 5. The maximum absolute atomic E-state index is 11.5. The fourth-order valence-corrected chi connectivity index (χ4v) is 5.39. The first kappa shape index (κ1) is 19.8. The molecule has 2 aromatic rings. The number of nitrogens with zero attached hydrogens (tertiary/aromatic N) is 1. The predicted molar refractivity (Wildman–Crippen MR) is 114 cm³/mol. The van der Waals surface area contributed by atoms with Gasteiger partial charge in [0, 0.05) is 35.6 Å². The Kier molecular flexibility index (Phi) is 5.96. The van der Waals surface area contributed by atoms with Crippen molar-refractivity contribution >= 4 is 11.6 Å². The molecule has 0 aromatic heterocycles. The number of piperidine rings is 1. The lowest BCUT2D eigenvalue weighted by molar-refractivity contribution is -0.126. The van der Waals surface area contributed by atoms with Crippen LogP contribution in [-0.2, 0) is 6.54 Å². The number of hydrogen-bond donors (Lipinski definition) is 1. The van der Waals surface area contributed by atoms with Gasteiger partial charge in [-0.1, -0.05) is 60.8 Å². The third kappa shape index (κ3) is 3.80. The number of fused-ring (bicyclic) bond motifs is 1. The molecule has 1 aliphatic heterocycles. The Balaban J connectivity index is 1.74. The molecule has 3 unspecified atom stereocenters. The van der Waals surface area contributed by atoms with Gasteiger partial charge in [-0.3, -0.25) is 4.90 Å². The number of benzene rings is 2. The van der Waals surface area contributed by atoms with Crippen LogP contribution in [0.2, 0.25) is 5.02 Å². The topological polar surface area (TPSA) is 32.7 Å². The van der Waals surface area contributed by atoms with Crippen molar-refractivity contribution in [2.45, 2.75) is 57.2 Å². The summed E-state index contributed by atoms with van der Waals surface area (Å²) in [5, 5.41) is 12.3. The van der Waals surface area contributed by atoms with Crippen LogP contribution < -0.4 is 4.74 Å².